The van der Waals surface area contributed by atoms with E-state index in [1.165, 1.54) is 0 Å². The van der Waals surface area contributed by atoms with Crippen molar-refractivity contribution < 1.29 is 9.53 Å². The SMILES string of the molecule is CCOC(=O)c1cccc(N)c1NC1CCN(C)C1. The molecule has 1 aliphatic rings. The van der Waals surface area contributed by atoms with Crippen LogP contribution >= 0.6 is 0 Å². The molecule has 104 valence electrons. The van der Waals surface area contributed by atoms with Gasteiger partial charge in [0.15, 0.2) is 0 Å². The molecule has 1 atom stereocenters. The first kappa shape index (κ1) is 13.7. The van der Waals surface area contributed by atoms with Gasteiger partial charge in [0.25, 0.3) is 0 Å². The average Bonchev–Trinajstić information content (AvgIpc) is 2.78. The number of ether oxygens (including phenoxy) is 1. The Morgan fingerprint density at radius 3 is 3.00 bits per heavy atom. The molecule has 5 heteroatoms. The van der Waals surface area contributed by atoms with Crippen LogP contribution in [0.25, 0.3) is 0 Å². The zero-order valence-electron chi connectivity index (χ0n) is 11.5. The maximum Gasteiger partial charge on any atom is 0.340 e. The summed E-state index contributed by atoms with van der Waals surface area (Å²) < 4.78 is 5.06. The van der Waals surface area contributed by atoms with Crippen molar-refractivity contribution in [1.82, 2.24) is 4.90 Å². The lowest BCUT2D eigenvalue weighted by molar-refractivity contribution is 0.0527. The second kappa shape index (κ2) is 5.93. The molecular formula is C14H21N3O2. The molecule has 1 aromatic carbocycles. The van der Waals surface area contributed by atoms with Crippen molar-refractivity contribution in [2.75, 3.05) is 37.8 Å². The molecule has 0 radical (unpaired) electrons. The maximum atomic E-state index is 11.9. The van der Waals surface area contributed by atoms with Gasteiger partial charge in [-0.3, -0.25) is 0 Å². The Hall–Kier alpha value is -1.75. The lowest BCUT2D eigenvalue weighted by Gasteiger charge is -2.18. The van der Waals surface area contributed by atoms with Crippen LogP contribution in [-0.4, -0.2) is 43.7 Å². The maximum absolute atomic E-state index is 11.9. The summed E-state index contributed by atoms with van der Waals surface area (Å²) in [5.41, 5.74) is 7.77. The smallest absolute Gasteiger partial charge is 0.340 e. The van der Waals surface area contributed by atoms with E-state index in [-0.39, 0.29) is 5.97 Å². The minimum Gasteiger partial charge on any atom is -0.462 e. The van der Waals surface area contributed by atoms with Gasteiger partial charge in [0, 0.05) is 12.6 Å². The number of carbonyl (C=O) groups excluding carboxylic acids is 1. The zero-order valence-corrected chi connectivity index (χ0v) is 11.5. The molecule has 0 spiro atoms. The summed E-state index contributed by atoms with van der Waals surface area (Å²) in [5.74, 6) is -0.330. The highest BCUT2D eigenvalue weighted by atomic mass is 16.5. The van der Waals surface area contributed by atoms with Gasteiger partial charge in [0.05, 0.1) is 23.5 Å². The molecule has 0 bridgehead atoms. The fourth-order valence-electron chi connectivity index (χ4n) is 2.37. The van der Waals surface area contributed by atoms with Crippen LogP contribution in [0.2, 0.25) is 0 Å². The van der Waals surface area contributed by atoms with Crippen molar-refractivity contribution in [1.29, 1.82) is 0 Å². The molecule has 1 fully saturated rings. The van der Waals surface area contributed by atoms with E-state index in [0.717, 1.165) is 19.5 Å². The Bertz CT molecular complexity index is 462. The molecular weight excluding hydrogens is 242 g/mol. The third-order valence-corrected chi connectivity index (χ3v) is 3.33. The van der Waals surface area contributed by atoms with E-state index in [2.05, 4.69) is 17.3 Å². The molecule has 1 saturated heterocycles. The highest BCUT2D eigenvalue weighted by Crippen LogP contribution is 2.26. The molecule has 0 amide bonds. The molecule has 1 aromatic rings. The number of nitrogens with two attached hydrogens (primary N) is 1. The van der Waals surface area contributed by atoms with Gasteiger partial charge in [-0.15, -0.1) is 0 Å². The lowest BCUT2D eigenvalue weighted by Crippen LogP contribution is -2.25. The van der Waals surface area contributed by atoms with Crippen LogP contribution in [0.5, 0.6) is 0 Å². The van der Waals surface area contributed by atoms with Crippen LogP contribution < -0.4 is 11.1 Å². The Kier molecular flexibility index (Phi) is 4.27. The topological polar surface area (TPSA) is 67.6 Å². The molecule has 1 heterocycles. The molecule has 0 aromatic heterocycles. The van der Waals surface area contributed by atoms with E-state index in [1.807, 2.05) is 0 Å². The van der Waals surface area contributed by atoms with Gasteiger partial charge in [0.2, 0.25) is 0 Å². The molecule has 0 saturated carbocycles. The quantitative estimate of drug-likeness (QED) is 0.637. The fraction of sp³-hybridized carbons (Fsp3) is 0.500. The third-order valence-electron chi connectivity index (χ3n) is 3.33. The van der Waals surface area contributed by atoms with E-state index in [0.29, 0.717) is 29.6 Å². The first-order chi connectivity index (χ1) is 9.11. The number of para-hydroxylation sites is 1. The molecule has 5 nitrogen and oxygen atoms in total. The fourth-order valence-corrected chi connectivity index (χ4v) is 2.37. The second-order valence-corrected chi connectivity index (χ2v) is 4.88. The van der Waals surface area contributed by atoms with E-state index in [9.17, 15) is 4.79 Å². The number of esters is 1. The van der Waals surface area contributed by atoms with Crippen molar-refractivity contribution in [3.8, 4) is 0 Å². The first-order valence-corrected chi connectivity index (χ1v) is 6.62. The summed E-state index contributed by atoms with van der Waals surface area (Å²) in [6.07, 6.45) is 1.05. The Morgan fingerprint density at radius 2 is 2.37 bits per heavy atom. The molecule has 0 aliphatic carbocycles. The lowest BCUT2D eigenvalue weighted by atomic mass is 10.1. The zero-order chi connectivity index (χ0) is 13.8. The Morgan fingerprint density at radius 1 is 1.58 bits per heavy atom. The second-order valence-electron chi connectivity index (χ2n) is 4.88. The van der Waals surface area contributed by atoms with Crippen LogP contribution in [0.1, 0.15) is 23.7 Å². The van der Waals surface area contributed by atoms with E-state index < -0.39 is 0 Å². The van der Waals surface area contributed by atoms with Crippen LogP contribution in [0.15, 0.2) is 18.2 Å². The number of hydrogen-bond acceptors (Lipinski definition) is 5. The molecule has 19 heavy (non-hydrogen) atoms. The predicted octanol–water partition coefficient (Wildman–Crippen LogP) is 1.56. The number of likely N-dealkylation sites (N-methyl/N-ethyl adjacent to an activating group) is 1. The number of likely N-dealkylation sites (tertiary alicyclic amines) is 1. The van der Waals surface area contributed by atoms with E-state index >= 15 is 0 Å². The number of nitrogens with zero attached hydrogens (tertiary/aromatic N) is 1. The largest absolute Gasteiger partial charge is 0.462 e. The van der Waals surface area contributed by atoms with Gasteiger partial charge >= 0.3 is 5.97 Å². The number of benzene rings is 1. The summed E-state index contributed by atoms with van der Waals surface area (Å²) in [7, 11) is 2.09. The molecule has 1 aliphatic heterocycles. The first-order valence-electron chi connectivity index (χ1n) is 6.62. The van der Waals surface area contributed by atoms with Gasteiger partial charge in [0.1, 0.15) is 0 Å². The number of anilines is 2. The van der Waals surface area contributed by atoms with Gasteiger partial charge in [-0.25, -0.2) is 4.79 Å². The van der Waals surface area contributed by atoms with Gasteiger partial charge in [-0.2, -0.15) is 0 Å². The number of carbonyl (C=O) groups is 1. The Labute approximate surface area is 113 Å². The number of hydrogen-bond donors (Lipinski definition) is 2. The van der Waals surface area contributed by atoms with Crippen molar-refractivity contribution in [2.45, 2.75) is 19.4 Å². The highest BCUT2D eigenvalue weighted by molar-refractivity contribution is 5.98. The summed E-state index contributed by atoms with van der Waals surface area (Å²) in [6.45, 7) is 4.16. The predicted molar refractivity (Wildman–Crippen MR) is 76.3 cm³/mol. The molecule has 3 N–H and O–H groups in total. The summed E-state index contributed by atoms with van der Waals surface area (Å²) in [5, 5.41) is 3.38. The highest BCUT2D eigenvalue weighted by Gasteiger charge is 2.22. The van der Waals surface area contributed by atoms with Crippen LogP contribution in [0, 0.1) is 0 Å². The van der Waals surface area contributed by atoms with Crippen molar-refractivity contribution in [3.63, 3.8) is 0 Å². The Balaban J connectivity index is 2.20. The third kappa shape index (κ3) is 3.17. The van der Waals surface area contributed by atoms with E-state index in [1.54, 1.807) is 25.1 Å². The summed E-state index contributed by atoms with van der Waals surface area (Å²) in [4.78, 5) is 14.2. The monoisotopic (exact) mass is 263 g/mol. The van der Waals surface area contributed by atoms with Gasteiger partial charge < -0.3 is 20.7 Å². The minimum atomic E-state index is -0.330. The minimum absolute atomic E-state index is 0.322. The molecule has 2 rings (SSSR count). The van der Waals surface area contributed by atoms with Crippen molar-refractivity contribution in [2.24, 2.45) is 0 Å². The summed E-state index contributed by atoms with van der Waals surface area (Å²) >= 11 is 0. The standard InChI is InChI=1S/C14H21N3O2/c1-3-19-14(18)11-5-4-6-12(15)13(11)16-10-7-8-17(2)9-10/h4-6,10,16H,3,7-9,15H2,1-2H3. The van der Waals surface area contributed by atoms with Crippen LogP contribution in [-0.2, 0) is 4.74 Å². The number of rotatable bonds is 4. The van der Waals surface area contributed by atoms with Gasteiger partial charge in [-0.1, -0.05) is 6.07 Å². The van der Waals surface area contributed by atoms with Gasteiger partial charge in [-0.05, 0) is 39.1 Å². The number of nitrogen functional groups attached to an aromatic ring is 1. The van der Waals surface area contributed by atoms with E-state index in [4.69, 9.17) is 10.5 Å². The van der Waals surface area contributed by atoms with Crippen LogP contribution in [0.3, 0.4) is 0 Å². The normalized spacial score (nSPS) is 19.4. The number of nitrogens with one attached hydrogen (secondary N) is 1. The molecule has 1 unspecified atom stereocenters. The average molecular weight is 263 g/mol. The van der Waals surface area contributed by atoms with Crippen molar-refractivity contribution in [3.05, 3.63) is 23.8 Å². The van der Waals surface area contributed by atoms with Crippen molar-refractivity contribution >= 4 is 17.3 Å². The summed E-state index contributed by atoms with van der Waals surface area (Å²) in [6, 6.07) is 5.63. The van der Waals surface area contributed by atoms with Crippen LogP contribution in [0.4, 0.5) is 11.4 Å².